The van der Waals surface area contributed by atoms with Crippen molar-refractivity contribution in [3.63, 3.8) is 0 Å². The zero-order valence-electron chi connectivity index (χ0n) is 13.9. The molecule has 1 atom stereocenters. The summed E-state index contributed by atoms with van der Waals surface area (Å²) in [5, 5.41) is 3.15. The van der Waals surface area contributed by atoms with Gasteiger partial charge in [-0.3, -0.25) is 9.78 Å². The van der Waals surface area contributed by atoms with Gasteiger partial charge in [0.15, 0.2) is 0 Å². The molecule has 122 valence electrons. The van der Waals surface area contributed by atoms with Crippen molar-refractivity contribution in [3.05, 3.63) is 81.1 Å². The van der Waals surface area contributed by atoms with Gasteiger partial charge in [-0.05, 0) is 43.5 Å². The minimum Gasteiger partial charge on any atom is -0.340 e. The van der Waals surface area contributed by atoms with Crippen molar-refractivity contribution in [2.24, 2.45) is 0 Å². The Bertz CT molecular complexity index is 858. The number of aromatic nitrogens is 2. The number of carbonyl (C=O) groups excluding carboxylic acids is 1. The lowest BCUT2D eigenvalue weighted by molar-refractivity contribution is 0.0946. The van der Waals surface area contributed by atoms with Crippen molar-refractivity contribution >= 4 is 17.2 Å². The SMILES string of the molecule is Cc1ccc(C)c(C(NC(=O)c2scnc2C)c2cccnc2)c1. The Morgan fingerprint density at radius 1 is 1.21 bits per heavy atom. The van der Waals surface area contributed by atoms with Crippen molar-refractivity contribution in [2.75, 3.05) is 0 Å². The van der Waals surface area contributed by atoms with Crippen LogP contribution in [-0.4, -0.2) is 15.9 Å². The van der Waals surface area contributed by atoms with Crippen LogP contribution in [0.5, 0.6) is 0 Å². The maximum Gasteiger partial charge on any atom is 0.264 e. The number of benzene rings is 1. The Morgan fingerprint density at radius 3 is 2.71 bits per heavy atom. The molecule has 4 nitrogen and oxygen atoms in total. The molecule has 0 aliphatic rings. The van der Waals surface area contributed by atoms with Crippen LogP contribution in [0.15, 0.2) is 48.2 Å². The molecule has 0 radical (unpaired) electrons. The number of hydrogen-bond donors (Lipinski definition) is 1. The van der Waals surface area contributed by atoms with E-state index in [0.717, 1.165) is 27.9 Å². The number of carbonyl (C=O) groups is 1. The summed E-state index contributed by atoms with van der Waals surface area (Å²) >= 11 is 1.36. The third-order valence-electron chi connectivity index (χ3n) is 3.99. The standard InChI is InChI=1S/C19H19N3OS/c1-12-6-7-13(2)16(9-12)17(15-5-4-8-20-10-15)22-19(23)18-14(3)21-11-24-18/h4-11,17H,1-3H3,(H,22,23). The van der Waals surface area contributed by atoms with Gasteiger partial charge in [0.1, 0.15) is 4.88 Å². The molecule has 5 heteroatoms. The number of pyridine rings is 1. The number of rotatable bonds is 4. The zero-order chi connectivity index (χ0) is 17.1. The molecule has 0 bridgehead atoms. The van der Waals surface area contributed by atoms with Gasteiger partial charge in [0.25, 0.3) is 5.91 Å². The third kappa shape index (κ3) is 3.36. The third-order valence-corrected chi connectivity index (χ3v) is 4.92. The molecule has 0 saturated heterocycles. The van der Waals surface area contributed by atoms with Crippen LogP contribution in [0.4, 0.5) is 0 Å². The summed E-state index contributed by atoms with van der Waals surface area (Å²) in [4.78, 5) is 21.7. The van der Waals surface area contributed by atoms with Crippen LogP contribution in [0.2, 0.25) is 0 Å². The maximum atomic E-state index is 12.7. The monoisotopic (exact) mass is 337 g/mol. The Balaban J connectivity index is 2.01. The first-order valence-electron chi connectivity index (χ1n) is 7.74. The highest BCUT2D eigenvalue weighted by molar-refractivity contribution is 7.11. The highest BCUT2D eigenvalue weighted by atomic mass is 32.1. The second-order valence-electron chi connectivity index (χ2n) is 5.82. The van der Waals surface area contributed by atoms with Gasteiger partial charge >= 0.3 is 0 Å². The minimum atomic E-state index is -0.243. The Kier molecular flexibility index (Phi) is 4.71. The van der Waals surface area contributed by atoms with E-state index in [1.165, 1.54) is 11.3 Å². The largest absolute Gasteiger partial charge is 0.340 e. The molecule has 1 aromatic carbocycles. The fraction of sp³-hybridized carbons (Fsp3) is 0.211. The van der Waals surface area contributed by atoms with Gasteiger partial charge in [-0.1, -0.05) is 29.8 Å². The average Bonchev–Trinajstić information content (AvgIpc) is 3.02. The summed E-state index contributed by atoms with van der Waals surface area (Å²) in [5.74, 6) is -0.107. The van der Waals surface area contributed by atoms with Crippen LogP contribution < -0.4 is 5.32 Å². The molecular formula is C19H19N3OS. The molecule has 1 amide bonds. The number of aryl methyl sites for hydroxylation is 3. The molecular weight excluding hydrogens is 318 g/mol. The molecule has 2 aromatic heterocycles. The summed E-state index contributed by atoms with van der Waals surface area (Å²) in [6.07, 6.45) is 3.53. The first kappa shape index (κ1) is 16.3. The van der Waals surface area contributed by atoms with E-state index < -0.39 is 0 Å². The van der Waals surface area contributed by atoms with Gasteiger partial charge in [-0.2, -0.15) is 0 Å². The van der Waals surface area contributed by atoms with Gasteiger partial charge in [-0.25, -0.2) is 4.98 Å². The summed E-state index contributed by atoms with van der Waals surface area (Å²) in [5.41, 5.74) is 6.79. The van der Waals surface area contributed by atoms with Crippen LogP contribution in [0.25, 0.3) is 0 Å². The van der Waals surface area contributed by atoms with E-state index in [-0.39, 0.29) is 11.9 Å². The molecule has 0 saturated carbocycles. The van der Waals surface area contributed by atoms with Gasteiger partial charge in [0, 0.05) is 12.4 Å². The molecule has 24 heavy (non-hydrogen) atoms. The van der Waals surface area contributed by atoms with Crippen LogP contribution in [0.1, 0.15) is 43.7 Å². The lowest BCUT2D eigenvalue weighted by Crippen LogP contribution is -2.29. The van der Waals surface area contributed by atoms with Gasteiger partial charge in [0.05, 0.1) is 17.2 Å². The number of hydrogen-bond acceptors (Lipinski definition) is 4. The topological polar surface area (TPSA) is 54.9 Å². The van der Waals surface area contributed by atoms with Gasteiger partial charge in [0.2, 0.25) is 0 Å². The maximum absolute atomic E-state index is 12.7. The molecule has 3 aromatic rings. The molecule has 3 rings (SSSR count). The van der Waals surface area contributed by atoms with Crippen molar-refractivity contribution in [2.45, 2.75) is 26.8 Å². The highest BCUT2D eigenvalue weighted by Crippen LogP contribution is 2.26. The van der Waals surface area contributed by atoms with Crippen molar-refractivity contribution < 1.29 is 4.79 Å². The molecule has 0 spiro atoms. The van der Waals surface area contributed by atoms with Crippen LogP contribution in [0.3, 0.4) is 0 Å². The highest BCUT2D eigenvalue weighted by Gasteiger charge is 2.21. The number of nitrogens with zero attached hydrogens (tertiary/aromatic N) is 2. The van der Waals surface area contributed by atoms with E-state index in [2.05, 4.69) is 47.3 Å². The molecule has 1 unspecified atom stereocenters. The first-order chi connectivity index (χ1) is 11.6. The summed E-state index contributed by atoms with van der Waals surface area (Å²) in [7, 11) is 0. The Hall–Kier alpha value is -2.53. The average molecular weight is 337 g/mol. The predicted molar refractivity (Wildman–Crippen MR) is 96.3 cm³/mol. The zero-order valence-corrected chi connectivity index (χ0v) is 14.7. The van der Waals surface area contributed by atoms with Crippen molar-refractivity contribution in [1.29, 1.82) is 0 Å². The fourth-order valence-corrected chi connectivity index (χ4v) is 3.38. The Morgan fingerprint density at radius 2 is 2.04 bits per heavy atom. The molecule has 0 aliphatic carbocycles. The number of thiazole rings is 1. The smallest absolute Gasteiger partial charge is 0.264 e. The molecule has 0 fully saturated rings. The van der Waals surface area contributed by atoms with E-state index in [1.54, 1.807) is 17.9 Å². The molecule has 1 N–H and O–H groups in total. The minimum absolute atomic E-state index is 0.107. The summed E-state index contributed by atoms with van der Waals surface area (Å²) in [6.45, 7) is 5.96. The molecule has 0 aliphatic heterocycles. The van der Waals surface area contributed by atoms with Crippen LogP contribution in [0, 0.1) is 20.8 Å². The number of amides is 1. The van der Waals surface area contributed by atoms with Crippen molar-refractivity contribution in [1.82, 2.24) is 15.3 Å². The van der Waals surface area contributed by atoms with E-state index in [1.807, 2.05) is 19.1 Å². The molecule has 2 heterocycles. The van der Waals surface area contributed by atoms with E-state index in [9.17, 15) is 4.79 Å². The van der Waals surface area contributed by atoms with E-state index >= 15 is 0 Å². The second kappa shape index (κ2) is 6.93. The lowest BCUT2D eigenvalue weighted by atomic mass is 9.94. The predicted octanol–water partition coefficient (Wildman–Crippen LogP) is 3.98. The first-order valence-corrected chi connectivity index (χ1v) is 8.62. The van der Waals surface area contributed by atoms with Crippen molar-refractivity contribution in [3.8, 4) is 0 Å². The summed E-state index contributed by atoms with van der Waals surface area (Å²) in [6, 6.07) is 9.91. The van der Waals surface area contributed by atoms with Crippen LogP contribution in [-0.2, 0) is 0 Å². The lowest BCUT2D eigenvalue weighted by Gasteiger charge is -2.21. The number of nitrogens with one attached hydrogen (secondary N) is 1. The second-order valence-corrected chi connectivity index (χ2v) is 6.67. The fourth-order valence-electron chi connectivity index (χ4n) is 2.67. The Labute approximate surface area is 145 Å². The van der Waals surface area contributed by atoms with Crippen LogP contribution >= 0.6 is 11.3 Å². The summed E-state index contributed by atoms with van der Waals surface area (Å²) < 4.78 is 0. The quantitative estimate of drug-likeness (QED) is 0.783. The van der Waals surface area contributed by atoms with E-state index in [4.69, 9.17) is 0 Å². The normalized spacial score (nSPS) is 12.0. The van der Waals surface area contributed by atoms with E-state index in [0.29, 0.717) is 4.88 Å². The van der Waals surface area contributed by atoms with Gasteiger partial charge < -0.3 is 5.32 Å². The van der Waals surface area contributed by atoms with Gasteiger partial charge in [-0.15, -0.1) is 11.3 Å².